The number of nitrogens with one attached hydrogen (secondary N) is 1. The van der Waals surface area contributed by atoms with Gasteiger partial charge in [-0.05, 0) is 12.1 Å². The van der Waals surface area contributed by atoms with Gasteiger partial charge in [-0.25, -0.2) is 9.59 Å². The van der Waals surface area contributed by atoms with E-state index >= 15 is 0 Å². The van der Waals surface area contributed by atoms with Crippen LogP contribution in [0.1, 0.15) is 0 Å². The first-order valence-corrected chi connectivity index (χ1v) is 6.86. The standard InChI is InChI=1S/C14H15N3O5/c18-12(16-5-6-22-11(7-16)13(19)20)8-17-10-4-2-1-3-9(10)15-14(17)21/h1-4,11H,5-8H2,(H,15,21)(H,19,20)/t11-/m0/s1. The number of fused-ring (bicyclic) bond motifs is 1. The van der Waals surface area contributed by atoms with E-state index in [0.29, 0.717) is 17.6 Å². The first-order chi connectivity index (χ1) is 10.6. The third-order valence-corrected chi connectivity index (χ3v) is 3.67. The number of hydrogen-bond acceptors (Lipinski definition) is 4. The largest absolute Gasteiger partial charge is 0.479 e. The molecule has 8 heteroatoms. The second kappa shape index (κ2) is 5.64. The molecule has 0 bridgehead atoms. The number of aromatic amines is 1. The number of hydrogen-bond donors (Lipinski definition) is 2. The van der Waals surface area contributed by atoms with Crippen LogP contribution in [0.2, 0.25) is 0 Å². The van der Waals surface area contributed by atoms with Crippen LogP contribution in [0.3, 0.4) is 0 Å². The molecule has 0 spiro atoms. The van der Waals surface area contributed by atoms with Gasteiger partial charge in [0.2, 0.25) is 5.91 Å². The summed E-state index contributed by atoms with van der Waals surface area (Å²) in [6, 6.07) is 7.09. The van der Waals surface area contributed by atoms with Crippen LogP contribution in [0, 0.1) is 0 Å². The molecule has 1 saturated heterocycles. The molecule has 1 atom stereocenters. The third-order valence-electron chi connectivity index (χ3n) is 3.67. The molecule has 0 unspecified atom stereocenters. The van der Waals surface area contributed by atoms with E-state index in [1.54, 1.807) is 24.3 Å². The fourth-order valence-electron chi connectivity index (χ4n) is 2.52. The number of benzene rings is 1. The first-order valence-electron chi connectivity index (χ1n) is 6.86. The maximum atomic E-state index is 12.3. The summed E-state index contributed by atoms with van der Waals surface area (Å²) < 4.78 is 6.43. The van der Waals surface area contributed by atoms with Crippen molar-refractivity contribution in [3.05, 3.63) is 34.7 Å². The molecular formula is C14H15N3O5. The number of ether oxygens (including phenoxy) is 1. The van der Waals surface area contributed by atoms with Crippen LogP contribution in [0.5, 0.6) is 0 Å². The third kappa shape index (κ3) is 2.60. The van der Waals surface area contributed by atoms with Crippen molar-refractivity contribution in [2.45, 2.75) is 12.6 Å². The maximum absolute atomic E-state index is 12.3. The van der Waals surface area contributed by atoms with Crippen LogP contribution in [0.4, 0.5) is 0 Å². The summed E-state index contributed by atoms with van der Waals surface area (Å²) in [5.41, 5.74) is 0.937. The lowest BCUT2D eigenvalue weighted by Gasteiger charge is -2.30. The van der Waals surface area contributed by atoms with Gasteiger partial charge < -0.3 is 19.7 Å². The van der Waals surface area contributed by atoms with E-state index in [2.05, 4.69) is 4.98 Å². The zero-order chi connectivity index (χ0) is 15.7. The molecule has 22 heavy (non-hydrogen) atoms. The molecule has 0 radical (unpaired) electrons. The number of carboxylic acids is 1. The molecule has 1 fully saturated rings. The van der Waals surface area contributed by atoms with Crippen LogP contribution >= 0.6 is 0 Å². The Morgan fingerprint density at radius 3 is 2.91 bits per heavy atom. The summed E-state index contributed by atoms with van der Waals surface area (Å²) in [5.74, 6) is -1.40. The van der Waals surface area contributed by atoms with Crippen molar-refractivity contribution in [2.24, 2.45) is 0 Å². The number of carbonyl (C=O) groups excluding carboxylic acids is 1. The molecule has 2 aromatic rings. The molecule has 0 aliphatic carbocycles. The minimum absolute atomic E-state index is 0.00866. The highest BCUT2D eigenvalue weighted by Gasteiger charge is 2.29. The zero-order valence-electron chi connectivity index (χ0n) is 11.7. The highest BCUT2D eigenvalue weighted by Crippen LogP contribution is 2.11. The number of aromatic nitrogens is 2. The molecule has 3 rings (SSSR count). The molecule has 1 aromatic carbocycles. The highest BCUT2D eigenvalue weighted by molar-refractivity contribution is 5.81. The molecule has 0 saturated carbocycles. The normalized spacial score (nSPS) is 18.5. The number of imidazole rings is 1. The van der Waals surface area contributed by atoms with Gasteiger partial charge in [-0.15, -0.1) is 0 Å². The Bertz CT molecular complexity index is 778. The van der Waals surface area contributed by atoms with Crippen molar-refractivity contribution in [3.8, 4) is 0 Å². The Balaban J connectivity index is 1.80. The summed E-state index contributed by atoms with van der Waals surface area (Å²) in [7, 11) is 0. The minimum Gasteiger partial charge on any atom is -0.479 e. The molecule has 116 valence electrons. The van der Waals surface area contributed by atoms with Gasteiger partial charge in [0.25, 0.3) is 0 Å². The van der Waals surface area contributed by atoms with Gasteiger partial charge in [0.15, 0.2) is 6.10 Å². The number of amides is 1. The molecule has 1 aromatic heterocycles. The Morgan fingerprint density at radius 1 is 1.36 bits per heavy atom. The van der Waals surface area contributed by atoms with Gasteiger partial charge >= 0.3 is 11.7 Å². The molecular weight excluding hydrogens is 290 g/mol. The second-order valence-corrected chi connectivity index (χ2v) is 5.07. The van der Waals surface area contributed by atoms with Gasteiger partial charge in [0.05, 0.1) is 24.2 Å². The summed E-state index contributed by atoms with van der Waals surface area (Å²) in [6.07, 6.45) is -1.02. The van der Waals surface area contributed by atoms with E-state index < -0.39 is 12.1 Å². The van der Waals surface area contributed by atoms with Crippen molar-refractivity contribution in [1.82, 2.24) is 14.5 Å². The summed E-state index contributed by atoms with van der Waals surface area (Å²) in [6.45, 7) is 0.353. The lowest BCUT2D eigenvalue weighted by atomic mass is 10.2. The summed E-state index contributed by atoms with van der Waals surface area (Å²) in [4.78, 5) is 39.3. The van der Waals surface area contributed by atoms with Gasteiger partial charge in [0.1, 0.15) is 6.54 Å². The van der Waals surface area contributed by atoms with Crippen molar-refractivity contribution >= 4 is 22.9 Å². The number of nitrogens with zero attached hydrogens (tertiary/aromatic N) is 2. The van der Waals surface area contributed by atoms with Gasteiger partial charge in [0, 0.05) is 6.54 Å². The zero-order valence-corrected chi connectivity index (χ0v) is 11.7. The first kappa shape index (κ1) is 14.3. The number of carbonyl (C=O) groups is 2. The number of rotatable bonds is 3. The Morgan fingerprint density at radius 2 is 2.14 bits per heavy atom. The Kier molecular flexibility index (Phi) is 3.68. The molecule has 8 nitrogen and oxygen atoms in total. The Labute approximate surface area is 124 Å². The number of carboxylic acid groups (broad SMARTS) is 1. The number of morpholine rings is 1. The van der Waals surface area contributed by atoms with Crippen molar-refractivity contribution in [1.29, 1.82) is 0 Å². The van der Waals surface area contributed by atoms with E-state index in [4.69, 9.17) is 9.84 Å². The topological polar surface area (TPSA) is 105 Å². The smallest absolute Gasteiger partial charge is 0.334 e. The number of H-pyrrole nitrogens is 1. The van der Waals surface area contributed by atoms with Gasteiger partial charge in [-0.2, -0.15) is 0 Å². The van der Waals surface area contributed by atoms with Crippen molar-refractivity contribution < 1.29 is 19.4 Å². The highest BCUT2D eigenvalue weighted by atomic mass is 16.5. The van der Waals surface area contributed by atoms with Gasteiger partial charge in [-0.3, -0.25) is 9.36 Å². The molecule has 2 heterocycles. The number of para-hydroxylation sites is 2. The van der Waals surface area contributed by atoms with E-state index in [-0.39, 0.29) is 31.3 Å². The van der Waals surface area contributed by atoms with Gasteiger partial charge in [-0.1, -0.05) is 12.1 Å². The van der Waals surface area contributed by atoms with E-state index in [0.717, 1.165) is 0 Å². The van der Waals surface area contributed by atoms with E-state index in [9.17, 15) is 14.4 Å². The Hall–Kier alpha value is -2.61. The average molecular weight is 305 g/mol. The van der Waals surface area contributed by atoms with Crippen LogP contribution in [-0.2, 0) is 20.9 Å². The molecule has 2 N–H and O–H groups in total. The van der Waals surface area contributed by atoms with Crippen molar-refractivity contribution in [3.63, 3.8) is 0 Å². The molecule has 1 aliphatic heterocycles. The summed E-state index contributed by atoms with van der Waals surface area (Å²) >= 11 is 0. The second-order valence-electron chi connectivity index (χ2n) is 5.07. The van der Waals surface area contributed by atoms with Crippen LogP contribution in [-0.4, -0.2) is 57.2 Å². The summed E-state index contributed by atoms with van der Waals surface area (Å²) in [5, 5.41) is 8.96. The average Bonchev–Trinajstić information content (AvgIpc) is 2.83. The SMILES string of the molecule is O=C(O)[C@@H]1CN(C(=O)Cn2c(=O)[nH]c3ccccc32)CCO1. The molecule has 1 aliphatic rings. The van der Waals surface area contributed by atoms with Crippen LogP contribution < -0.4 is 5.69 Å². The monoisotopic (exact) mass is 305 g/mol. The lowest BCUT2D eigenvalue weighted by molar-refractivity contribution is -0.159. The fourth-order valence-corrected chi connectivity index (χ4v) is 2.52. The molecule has 1 amide bonds. The van der Waals surface area contributed by atoms with Crippen LogP contribution in [0.25, 0.3) is 11.0 Å². The fraction of sp³-hybridized carbons (Fsp3) is 0.357. The van der Waals surface area contributed by atoms with E-state index in [1.807, 2.05) is 0 Å². The lowest BCUT2D eigenvalue weighted by Crippen LogP contribution is -2.49. The predicted octanol–water partition coefficient (Wildman–Crippen LogP) is -0.358. The maximum Gasteiger partial charge on any atom is 0.334 e. The van der Waals surface area contributed by atoms with E-state index in [1.165, 1.54) is 9.47 Å². The van der Waals surface area contributed by atoms with Crippen molar-refractivity contribution in [2.75, 3.05) is 19.7 Å². The quantitative estimate of drug-likeness (QED) is 0.806. The predicted molar refractivity (Wildman–Crippen MR) is 76.5 cm³/mol. The van der Waals surface area contributed by atoms with Crippen LogP contribution in [0.15, 0.2) is 29.1 Å². The minimum atomic E-state index is -1.10. The number of aliphatic carboxylic acids is 1.